The van der Waals surface area contributed by atoms with E-state index in [4.69, 9.17) is 6.42 Å². The number of benzene rings is 1. The lowest BCUT2D eigenvalue weighted by molar-refractivity contribution is -0.121. The van der Waals surface area contributed by atoms with Crippen LogP contribution in [0.3, 0.4) is 0 Å². The molecule has 0 radical (unpaired) electrons. The van der Waals surface area contributed by atoms with Crippen LogP contribution < -0.4 is 5.32 Å². The molecule has 2 aromatic rings. The summed E-state index contributed by atoms with van der Waals surface area (Å²) in [5.74, 6) is 2.67. The SMILES string of the molecule is C#CCCC1(CCNC(=O)CCc2c[nH]c3cccc(C)c23)N=N1. The molecule has 24 heavy (non-hydrogen) atoms. The smallest absolute Gasteiger partial charge is 0.220 e. The third-order valence-corrected chi connectivity index (χ3v) is 4.52. The van der Waals surface area contributed by atoms with E-state index in [-0.39, 0.29) is 11.6 Å². The van der Waals surface area contributed by atoms with E-state index in [1.54, 1.807) is 0 Å². The first-order valence-corrected chi connectivity index (χ1v) is 8.33. The monoisotopic (exact) mass is 322 g/mol. The molecule has 1 aliphatic heterocycles. The van der Waals surface area contributed by atoms with Crippen LogP contribution in [-0.2, 0) is 11.2 Å². The molecule has 5 nitrogen and oxygen atoms in total. The molecule has 3 rings (SSSR count). The van der Waals surface area contributed by atoms with E-state index >= 15 is 0 Å². The number of rotatable bonds is 8. The number of amides is 1. The molecule has 0 saturated carbocycles. The van der Waals surface area contributed by atoms with Crippen molar-refractivity contribution in [1.29, 1.82) is 0 Å². The number of aromatic amines is 1. The van der Waals surface area contributed by atoms with Crippen LogP contribution in [0.2, 0.25) is 0 Å². The molecule has 1 aliphatic rings. The molecule has 124 valence electrons. The number of terminal acetylenes is 1. The van der Waals surface area contributed by atoms with E-state index in [0.717, 1.165) is 24.8 Å². The highest BCUT2D eigenvalue weighted by Gasteiger charge is 2.38. The van der Waals surface area contributed by atoms with Crippen molar-refractivity contribution in [3.05, 3.63) is 35.5 Å². The summed E-state index contributed by atoms with van der Waals surface area (Å²) in [6.45, 7) is 2.68. The molecule has 0 spiro atoms. The minimum Gasteiger partial charge on any atom is -0.361 e. The number of aryl methyl sites for hydroxylation is 2. The van der Waals surface area contributed by atoms with Gasteiger partial charge in [0.25, 0.3) is 0 Å². The first-order chi connectivity index (χ1) is 11.6. The van der Waals surface area contributed by atoms with Gasteiger partial charge in [-0.25, -0.2) is 0 Å². The first-order valence-electron chi connectivity index (χ1n) is 8.33. The number of carbonyl (C=O) groups excluding carboxylic acids is 1. The molecule has 0 aliphatic carbocycles. The van der Waals surface area contributed by atoms with Crippen LogP contribution in [-0.4, -0.2) is 23.1 Å². The Morgan fingerprint density at radius 1 is 1.38 bits per heavy atom. The van der Waals surface area contributed by atoms with Crippen molar-refractivity contribution >= 4 is 16.8 Å². The van der Waals surface area contributed by atoms with Gasteiger partial charge in [-0.3, -0.25) is 4.79 Å². The molecule has 0 atom stereocenters. The predicted octanol–water partition coefficient (Wildman–Crippen LogP) is 3.49. The van der Waals surface area contributed by atoms with Crippen molar-refractivity contribution in [2.75, 3.05) is 6.54 Å². The normalized spacial score (nSPS) is 14.5. The standard InChI is InChI=1S/C19H22N4O/c1-3-4-10-19(22-23-19)11-12-20-17(24)9-8-15-13-21-16-7-5-6-14(2)18(15)16/h1,5-7,13,21H,4,8-12H2,2H3,(H,20,24). The fraction of sp³-hybridized carbons (Fsp3) is 0.421. The number of aromatic nitrogens is 1. The van der Waals surface area contributed by atoms with Gasteiger partial charge in [0.2, 0.25) is 5.91 Å². The molecule has 0 saturated heterocycles. The zero-order valence-electron chi connectivity index (χ0n) is 13.9. The van der Waals surface area contributed by atoms with Crippen molar-refractivity contribution in [2.45, 2.75) is 44.7 Å². The topological polar surface area (TPSA) is 69.6 Å². The predicted molar refractivity (Wildman–Crippen MR) is 94.6 cm³/mol. The van der Waals surface area contributed by atoms with Crippen LogP contribution >= 0.6 is 0 Å². The van der Waals surface area contributed by atoms with Crippen molar-refractivity contribution in [1.82, 2.24) is 10.3 Å². The van der Waals surface area contributed by atoms with E-state index in [2.05, 4.69) is 45.5 Å². The van der Waals surface area contributed by atoms with Gasteiger partial charge in [-0.1, -0.05) is 12.1 Å². The number of fused-ring (bicyclic) bond motifs is 1. The van der Waals surface area contributed by atoms with E-state index in [0.29, 0.717) is 19.4 Å². The lowest BCUT2D eigenvalue weighted by Gasteiger charge is -2.10. The highest BCUT2D eigenvalue weighted by molar-refractivity contribution is 5.87. The zero-order chi connectivity index (χ0) is 17.0. The van der Waals surface area contributed by atoms with Crippen molar-refractivity contribution in [3.8, 4) is 12.3 Å². The Balaban J connectivity index is 1.45. The quantitative estimate of drug-likeness (QED) is 0.718. The number of hydrogen-bond donors (Lipinski definition) is 2. The number of carbonyl (C=O) groups is 1. The van der Waals surface area contributed by atoms with Crippen molar-refractivity contribution < 1.29 is 4.79 Å². The third kappa shape index (κ3) is 3.65. The summed E-state index contributed by atoms with van der Waals surface area (Å²) < 4.78 is 0. The molecule has 0 unspecified atom stereocenters. The lowest BCUT2D eigenvalue weighted by Crippen LogP contribution is -2.28. The minimum absolute atomic E-state index is 0.0608. The molecular weight excluding hydrogens is 300 g/mol. The Hall–Kier alpha value is -2.61. The Labute approximate surface area is 141 Å². The maximum Gasteiger partial charge on any atom is 0.220 e. The van der Waals surface area contributed by atoms with Crippen LogP contribution in [0.25, 0.3) is 10.9 Å². The minimum atomic E-state index is -0.326. The average molecular weight is 322 g/mol. The summed E-state index contributed by atoms with van der Waals surface area (Å²) in [5.41, 5.74) is 3.22. The van der Waals surface area contributed by atoms with Gasteiger partial charge in [0.05, 0.1) is 0 Å². The van der Waals surface area contributed by atoms with E-state index in [1.165, 1.54) is 16.5 Å². The van der Waals surface area contributed by atoms with Gasteiger partial charge in [-0.15, -0.1) is 12.3 Å². The maximum atomic E-state index is 12.1. The summed E-state index contributed by atoms with van der Waals surface area (Å²) in [6, 6.07) is 6.19. The van der Waals surface area contributed by atoms with Crippen LogP contribution in [0.4, 0.5) is 0 Å². The van der Waals surface area contributed by atoms with Crippen LogP contribution in [0.15, 0.2) is 34.6 Å². The number of hydrogen-bond acceptors (Lipinski definition) is 3. The van der Waals surface area contributed by atoms with Crippen LogP contribution in [0.5, 0.6) is 0 Å². The second-order valence-corrected chi connectivity index (χ2v) is 6.30. The third-order valence-electron chi connectivity index (χ3n) is 4.52. The maximum absolute atomic E-state index is 12.1. The molecular formula is C19H22N4O. The Morgan fingerprint density at radius 3 is 2.96 bits per heavy atom. The lowest BCUT2D eigenvalue weighted by atomic mass is 10.0. The molecule has 1 aromatic carbocycles. The van der Waals surface area contributed by atoms with Crippen molar-refractivity contribution in [2.24, 2.45) is 10.2 Å². The summed E-state index contributed by atoms with van der Waals surface area (Å²) in [5, 5.41) is 12.3. The second-order valence-electron chi connectivity index (χ2n) is 6.30. The molecule has 5 heteroatoms. The molecule has 1 amide bonds. The Bertz CT molecular complexity index is 806. The van der Waals surface area contributed by atoms with Gasteiger partial charge in [0.15, 0.2) is 5.66 Å². The molecule has 0 bridgehead atoms. The average Bonchev–Trinajstić information content (AvgIpc) is 3.21. The van der Waals surface area contributed by atoms with Gasteiger partial charge in [-0.05, 0) is 30.5 Å². The molecule has 2 heterocycles. The van der Waals surface area contributed by atoms with Gasteiger partial charge >= 0.3 is 0 Å². The molecule has 2 N–H and O–H groups in total. The highest BCUT2D eigenvalue weighted by atomic mass is 16.1. The summed E-state index contributed by atoms with van der Waals surface area (Å²) in [4.78, 5) is 15.3. The summed E-state index contributed by atoms with van der Waals surface area (Å²) >= 11 is 0. The zero-order valence-corrected chi connectivity index (χ0v) is 13.9. The van der Waals surface area contributed by atoms with Gasteiger partial charge in [0, 0.05) is 49.3 Å². The van der Waals surface area contributed by atoms with E-state index in [9.17, 15) is 4.79 Å². The van der Waals surface area contributed by atoms with Gasteiger partial charge < -0.3 is 10.3 Å². The largest absolute Gasteiger partial charge is 0.361 e. The van der Waals surface area contributed by atoms with Crippen LogP contribution in [0.1, 0.15) is 36.8 Å². The summed E-state index contributed by atoms with van der Waals surface area (Å²) in [6.07, 6.45) is 10.6. The van der Waals surface area contributed by atoms with E-state index in [1.807, 2.05) is 12.3 Å². The fourth-order valence-corrected chi connectivity index (χ4v) is 3.06. The number of nitrogens with zero attached hydrogens (tertiary/aromatic N) is 2. The van der Waals surface area contributed by atoms with Crippen LogP contribution in [0, 0.1) is 19.3 Å². The Kier molecular flexibility index (Phi) is 4.66. The van der Waals surface area contributed by atoms with E-state index < -0.39 is 0 Å². The fourth-order valence-electron chi connectivity index (χ4n) is 3.06. The molecule has 1 aromatic heterocycles. The van der Waals surface area contributed by atoms with Gasteiger partial charge in [0.1, 0.15) is 0 Å². The van der Waals surface area contributed by atoms with Crippen molar-refractivity contribution in [3.63, 3.8) is 0 Å². The number of H-pyrrole nitrogens is 1. The highest BCUT2D eigenvalue weighted by Crippen LogP contribution is 2.36. The Morgan fingerprint density at radius 2 is 2.21 bits per heavy atom. The first kappa shape index (κ1) is 16.3. The second kappa shape index (κ2) is 6.88. The number of nitrogens with one attached hydrogen (secondary N) is 2. The summed E-state index contributed by atoms with van der Waals surface area (Å²) in [7, 11) is 0. The molecule has 0 fully saturated rings. The van der Waals surface area contributed by atoms with Gasteiger partial charge in [-0.2, -0.15) is 10.2 Å².